The lowest BCUT2D eigenvalue weighted by Crippen LogP contribution is -2.19. The lowest BCUT2D eigenvalue weighted by Gasteiger charge is -1.99. The first-order valence-corrected chi connectivity index (χ1v) is 10.4. The third kappa shape index (κ3) is 4.40. The molecule has 4 rings (SSSR count). The lowest BCUT2D eigenvalue weighted by atomic mass is 10.2. The number of benzene rings is 2. The van der Waals surface area contributed by atoms with Crippen LogP contribution in [0.5, 0.6) is 0 Å². The molecule has 2 aromatic carbocycles. The van der Waals surface area contributed by atoms with Crippen LogP contribution in [0.3, 0.4) is 0 Å². The van der Waals surface area contributed by atoms with Gasteiger partial charge in [0.15, 0.2) is 10.3 Å². The summed E-state index contributed by atoms with van der Waals surface area (Å²) in [6.45, 7) is 4.06. The maximum absolute atomic E-state index is 12.3. The maximum Gasteiger partial charge on any atom is 0.264 e. The van der Waals surface area contributed by atoms with Gasteiger partial charge in [0, 0.05) is 11.0 Å². The van der Waals surface area contributed by atoms with Crippen molar-refractivity contribution in [3.05, 3.63) is 82.5 Å². The minimum absolute atomic E-state index is 0.165. The Hall–Kier alpha value is -2.70. The molecule has 140 valence electrons. The summed E-state index contributed by atoms with van der Waals surface area (Å²) in [5.41, 5.74) is 3.13. The van der Waals surface area contributed by atoms with Crippen LogP contribution in [0, 0.1) is 13.8 Å². The molecule has 0 radical (unpaired) electrons. The molecule has 1 N–H and O–H groups in total. The molecule has 0 atom stereocenters. The number of para-hydroxylation sites is 1. The number of amidine groups is 1. The topological polar surface area (TPSA) is 54.6 Å². The molecule has 1 saturated heterocycles. The highest BCUT2D eigenvalue weighted by molar-refractivity contribution is 8.18. The van der Waals surface area contributed by atoms with Crippen molar-refractivity contribution in [1.29, 1.82) is 0 Å². The van der Waals surface area contributed by atoms with Gasteiger partial charge in [0.2, 0.25) is 0 Å². The van der Waals surface area contributed by atoms with Crippen molar-refractivity contribution in [1.82, 2.24) is 5.32 Å². The quantitative estimate of drug-likeness (QED) is 0.545. The van der Waals surface area contributed by atoms with E-state index in [0.29, 0.717) is 15.8 Å². The fourth-order valence-corrected chi connectivity index (χ4v) is 4.19. The smallest absolute Gasteiger partial charge is 0.264 e. The van der Waals surface area contributed by atoms with E-state index in [-0.39, 0.29) is 5.91 Å². The SMILES string of the molecule is Cc1ccc(Sc2ccc(/C=C3\SC(=Nc4ccccc4C)NC3=O)o2)cc1. The average molecular weight is 407 g/mol. The second-order valence-electron chi connectivity index (χ2n) is 6.34. The summed E-state index contributed by atoms with van der Waals surface area (Å²) in [7, 11) is 0. The van der Waals surface area contributed by atoms with E-state index in [0.717, 1.165) is 21.2 Å². The molecule has 1 fully saturated rings. The van der Waals surface area contributed by atoms with E-state index in [4.69, 9.17) is 4.42 Å². The van der Waals surface area contributed by atoms with Gasteiger partial charge < -0.3 is 9.73 Å². The van der Waals surface area contributed by atoms with Crippen LogP contribution < -0.4 is 5.32 Å². The summed E-state index contributed by atoms with van der Waals surface area (Å²) in [6, 6.07) is 19.9. The van der Waals surface area contributed by atoms with Crippen molar-refractivity contribution in [3.63, 3.8) is 0 Å². The van der Waals surface area contributed by atoms with E-state index in [1.165, 1.54) is 17.3 Å². The van der Waals surface area contributed by atoms with Gasteiger partial charge in [-0.3, -0.25) is 4.79 Å². The number of furan rings is 1. The van der Waals surface area contributed by atoms with Crippen LogP contribution >= 0.6 is 23.5 Å². The van der Waals surface area contributed by atoms with Gasteiger partial charge in [0.25, 0.3) is 5.91 Å². The molecule has 0 bridgehead atoms. The fraction of sp³-hybridized carbons (Fsp3) is 0.0909. The number of hydrogen-bond donors (Lipinski definition) is 1. The van der Waals surface area contributed by atoms with Crippen molar-refractivity contribution in [2.75, 3.05) is 0 Å². The van der Waals surface area contributed by atoms with Gasteiger partial charge >= 0.3 is 0 Å². The molecule has 0 saturated carbocycles. The Morgan fingerprint density at radius 2 is 1.82 bits per heavy atom. The van der Waals surface area contributed by atoms with Crippen molar-refractivity contribution >= 4 is 46.4 Å². The number of nitrogens with one attached hydrogen (secondary N) is 1. The number of hydrogen-bond acceptors (Lipinski definition) is 5. The maximum atomic E-state index is 12.3. The van der Waals surface area contributed by atoms with Crippen LogP contribution in [0.25, 0.3) is 6.08 Å². The van der Waals surface area contributed by atoms with Crippen molar-refractivity contribution in [2.24, 2.45) is 4.99 Å². The van der Waals surface area contributed by atoms with Gasteiger partial charge in [-0.05, 0) is 61.5 Å². The van der Waals surface area contributed by atoms with Crippen LogP contribution in [0.2, 0.25) is 0 Å². The molecular formula is C22H18N2O2S2. The van der Waals surface area contributed by atoms with E-state index < -0.39 is 0 Å². The van der Waals surface area contributed by atoms with Crippen LogP contribution in [0.15, 0.2) is 85.0 Å². The Labute approximate surface area is 172 Å². The van der Waals surface area contributed by atoms with Gasteiger partial charge in [-0.2, -0.15) is 0 Å². The summed E-state index contributed by atoms with van der Waals surface area (Å²) in [6.07, 6.45) is 1.75. The zero-order valence-corrected chi connectivity index (χ0v) is 17.1. The molecule has 1 aliphatic rings. The molecule has 3 aromatic rings. The molecule has 6 heteroatoms. The van der Waals surface area contributed by atoms with Crippen molar-refractivity contribution in [2.45, 2.75) is 23.8 Å². The number of carbonyl (C=O) groups excluding carboxylic acids is 1. The third-order valence-electron chi connectivity index (χ3n) is 4.10. The summed E-state index contributed by atoms with van der Waals surface area (Å²) in [5.74, 6) is 0.478. The Balaban J connectivity index is 1.49. The molecule has 0 spiro atoms. The fourth-order valence-electron chi connectivity index (χ4n) is 2.60. The minimum Gasteiger partial charge on any atom is -0.450 e. The molecule has 1 amide bonds. The van der Waals surface area contributed by atoms with Gasteiger partial charge in [-0.1, -0.05) is 47.7 Å². The summed E-state index contributed by atoms with van der Waals surface area (Å²) in [5, 5.41) is 4.17. The second-order valence-corrected chi connectivity index (χ2v) is 8.45. The highest BCUT2D eigenvalue weighted by Gasteiger charge is 2.24. The molecule has 1 aromatic heterocycles. The third-order valence-corrected chi connectivity index (χ3v) is 5.94. The number of rotatable bonds is 4. The van der Waals surface area contributed by atoms with Gasteiger partial charge in [0.1, 0.15) is 5.76 Å². The first-order valence-electron chi connectivity index (χ1n) is 8.76. The summed E-state index contributed by atoms with van der Waals surface area (Å²) in [4.78, 5) is 18.5. The van der Waals surface area contributed by atoms with Crippen LogP contribution in [0.4, 0.5) is 5.69 Å². The highest BCUT2D eigenvalue weighted by Crippen LogP contribution is 2.32. The van der Waals surface area contributed by atoms with E-state index in [2.05, 4.69) is 41.5 Å². The molecule has 0 unspecified atom stereocenters. The monoisotopic (exact) mass is 406 g/mol. The van der Waals surface area contributed by atoms with Crippen LogP contribution in [-0.4, -0.2) is 11.1 Å². The Morgan fingerprint density at radius 3 is 2.61 bits per heavy atom. The van der Waals surface area contributed by atoms with Gasteiger partial charge in [-0.25, -0.2) is 4.99 Å². The Bertz CT molecular complexity index is 1080. The van der Waals surface area contributed by atoms with Crippen LogP contribution in [-0.2, 0) is 4.79 Å². The van der Waals surface area contributed by atoms with Gasteiger partial charge in [-0.15, -0.1) is 0 Å². The Morgan fingerprint density at radius 1 is 1.04 bits per heavy atom. The standard InChI is InChI=1S/C22H18N2O2S2/c1-14-7-10-17(11-8-14)27-20-12-9-16(26-20)13-19-21(25)24-22(28-19)23-18-6-4-3-5-15(18)2/h3-13H,1-2H3,(H,23,24,25)/b19-13-. The largest absolute Gasteiger partial charge is 0.450 e. The number of thioether (sulfide) groups is 1. The van der Waals surface area contributed by atoms with E-state index >= 15 is 0 Å². The first kappa shape index (κ1) is 18.7. The normalized spacial score (nSPS) is 16.7. The number of amides is 1. The van der Waals surface area contributed by atoms with Crippen molar-refractivity contribution < 1.29 is 9.21 Å². The Kier molecular flexibility index (Phi) is 5.41. The summed E-state index contributed by atoms with van der Waals surface area (Å²) >= 11 is 2.87. The number of aliphatic imine (C=N–C) groups is 1. The van der Waals surface area contributed by atoms with Gasteiger partial charge in [0.05, 0.1) is 10.6 Å². The zero-order valence-electron chi connectivity index (χ0n) is 15.4. The predicted octanol–water partition coefficient (Wildman–Crippen LogP) is 5.94. The molecule has 1 aliphatic heterocycles. The zero-order chi connectivity index (χ0) is 19.5. The molecular weight excluding hydrogens is 388 g/mol. The van der Waals surface area contributed by atoms with E-state index in [1.54, 1.807) is 17.8 Å². The average Bonchev–Trinajstić information content (AvgIpc) is 3.26. The van der Waals surface area contributed by atoms with E-state index in [9.17, 15) is 4.79 Å². The number of nitrogens with zero attached hydrogens (tertiary/aromatic N) is 1. The minimum atomic E-state index is -0.165. The summed E-state index contributed by atoms with van der Waals surface area (Å²) < 4.78 is 5.85. The van der Waals surface area contributed by atoms with Crippen LogP contribution in [0.1, 0.15) is 16.9 Å². The molecule has 28 heavy (non-hydrogen) atoms. The van der Waals surface area contributed by atoms with E-state index in [1.807, 2.05) is 43.3 Å². The first-order chi connectivity index (χ1) is 13.6. The molecule has 0 aliphatic carbocycles. The van der Waals surface area contributed by atoms with Crippen molar-refractivity contribution in [3.8, 4) is 0 Å². The molecule has 2 heterocycles. The predicted molar refractivity (Wildman–Crippen MR) is 116 cm³/mol. The number of aryl methyl sites for hydroxylation is 2. The molecule has 4 nitrogen and oxygen atoms in total. The number of carbonyl (C=O) groups is 1. The lowest BCUT2D eigenvalue weighted by molar-refractivity contribution is -0.115. The second kappa shape index (κ2) is 8.12. The highest BCUT2D eigenvalue weighted by atomic mass is 32.2.